The lowest BCUT2D eigenvalue weighted by molar-refractivity contribution is -0.114. The number of carbonyl (C=O) groups is 1. The summed E-state index contributed by atoms with van der Waals surface area (Å²) in [5, 5.41) is 14.9. The number of hydrogen-bond donors (Lipinski definition) is 2. The van der Waals surface area contributed by atoms with E-state index < -0.39 is 0 Å². The largest absolute Gasteiger partial charge is 0.455 e. The number of nitriles is 1. The van der Waals surface area contributed by atoms with Crippen LogP contribution < -0.4 is 15.4 Å². The van der Waals surface area contributed by atoms with Gasteiger partial charge in [0.15, 0.2) is 5.75 Å². The third kappa shape index (κ3) is 4.40. The van der Waals surface area contributed by atoms with E-state index in [0.717, 1.165) is 0 Å². The molecule has 0 fully saturated rings. The Hall–Kier alpha value is -3.78. The third-order valence-corrected chi connectivity index (χ3v) is 3.62. The number of carbonyl (C=O) groups excluding carboxylic acids is 1. The summed E-state index contributed by atoms with van der Waals surface area (Å²) in [6.07, 6.45) is 0. The minimum Gasteiger partial charge on any atom is -0.455 e. The minimum absolute atomic E-state index is 0.0505. The lowest BCUT2D eigenvalue weighted by Gasteiger charge is -2.13. The van der Waals surface area contributed by atoms with Crippen LogP contribution in [-0.4, -0.2) is 12.5 Å². The van der Waals surface area contributed by atoms with Gasteiger partial charge in [-0.2, -0.15) is 5.26 Å². The van der Waals surface area contributed by atoms with Crippen LogP contribution in [0.25, 0.3) is 0 Å². The highest BCUT2D eigenvalue weighted by molar-refractivity contribution is 5.95. The van der Waals surface area contributed by atoms with Crippen LogP contribution in [0.5, 0.6) is 11.5 Å². The molecule has 3 rings (SSSR count). The Morgan fingerprint density at radius 2 is 1.54 bits per heavy atom. The van der Waals surface area contributed by atoms with Gasteiger partial charge < -0.3 is 15.4 Å². The summed E-state index contributed by atoms with van der Waals surface area (Å²) in [5.41, 5.74) is 1.63. The van der Waals surface area contributed by atoms with Crippen LogP contribution >= 0.6 is 0 Å². The predicted octanol–water partition coefficient (Wildman–Crippen LogP) is 4.40. The molecule has 0 saturated heterocycles. The van der Waals surface area contributed by atoms with E-state index in [4.69, 9.17) is 10.00 Å². The molecule has 0 heterocycles. The smallest absolute Gasteiger partial charge is 0.243 e. The maximum absolute atomic E-state index is 12.2. The summed E-state index contributed by atoms with van der Waals surface area (Å²) in [4.78, 5) is 12.2. The molecule has 0 atom stereocenters. The number of hydrogen-bond acceptors (Lipinski definition) is 4. The lowest BCUT2D eigenvalue weighted by Crippen LogP contribution is -2.22. The maximum Gasteiger partial charge on any atom is 0.243 e. The molecule has 0 spiro atoms. The fourth-order valence-corrected chi connectivity index (χ4v) is 2.38. The van der Waals surface area contributed by atoms with E-state index >= 15 is 0 Å². The van der Waals surface area contributed by atoms with Crippen LogP contribution in [-0.2, 0) is 4.79 Å². The Labute approximate surface area is 151 Å². The van der Waals surface area contributed by atoms with Crippen molar-refractivity contribution >= 4 is 17.3 Å². The zero-order valence-electron chi connectivity index (χ0n) is 14.0. The molecular formula is C21H17N3O2. The molecule has 0 aliphatic heterocycles. The van der Waals surface area contributed by atoms with Gasteiger partial charge >= 0.3 is 0 Å². The second kappa shape index (κ2) is 8.36. The van der Waals surface area contributed by atoms with Gasteiger partial charge in [0.2, 0.25) is 5.91 Å². The summed E-state index contributed by atoms with van der Waals surface area (Å²) in [6, 6.07) is 25.8. The number of nitrogens with zero attached hydrogens (tertiary/aromatic N) is 1. The average molecular weight is 343 g/mol. The Bertz CT molecular complexity index is 933. The van der Waals surface area contributed by atoms with E-state index in [9.17, 15) is 4.79 Å². The van der Waals surface area contributed by atoms with Crippen molar-refractivity contribution < 1.29 is 9.53 Å². The molecule has 0 aliphatic rings. The first kappa shape index (κ1) is 17.1. The number of benzene rings is 3. The van der Waals surface area contributed by atoms with E-state index in [1.807, 2.05) is 54.6 Å². The van der Waals surface area contributed by atoms with Gasteiger partial charge in [-0.1, -0.05) is 42.5 Å². The fourth-order valence-electron chi connectivity index (χ4n) is 2.38. The summed E-state index contributed by atoms with van der Waals surface area (Å²) < 4.78 is 5.86. The van der Waals surface area contributed by atoms with Gasteiger partial charge in [0.1, 0.15) is 11.8 Å². The summed E-state index contributed by atoms with van der Waals surface area (Å²) in [6.45, 7) is 0.0505. The molecule has 0 aromatic heterocycles. The number of anilines is 2. The highest BCUT2D eigenvalue weighted by Crippen LogP contribution is 2.28. The molecule has 0 saturated carbocycles. The monoisotopic (exact) mass is 343 g/mol. The predicted molar refractivity (Wildman–Crippen MR) is 101 cm³/mol. The molecule has 128 valence electrons. The topological polar surface area (TPSA) is 74.2 Å². The number of rotatable bonds is 6. The van der Waals surface area contributed by atoms with E-state index in [0.29, 0.717) is 28.4 Å². The van der Waals surface area contributed by atoms with Gasteiger partial charge in [-0.25, -0.2) is 0 Å². The van der Waals surface area contributed by atoms with Crippen molar-refractivity contribution in [3.63, 3.8) is 0 Å². The van der Waals surface area contributed by atoms with Gasteiger partial charge in [-0.05, 0) is 36.4 Å². The minimum atomic E-state index is -0.248. The van der Waals surface area contributed by atoms with E-state index in [2.05, 4.69) is 16.7 Å². The van der Waals surface area contributed by atoms with Crippen molar-refractivity contribution in [3.8, 4) is 17.6 Å². The van der Waals surface area contributed by atoms with Crippen LogP contribution in [0.1, 0.15) is 5.56 Å². The molecule has 0 unspecified atom stereocenters. The molecule has 3 aromatic carbocycles. The lowest BCUT2D eigenvalue weighted by atomic mass is 10.2. The van der Waals surface area contributed by atoms with Gasteiger partial charge in [-0.3, -0.25) is 4.79 Å². The van der Waals surface area contributed by atoms with E-state index in [-0.39, 0.29) is 12.5 Å². The average Bonchev–Trinajstić information content (AvgIpc) is 2.68. The van der Waals surface area contributed by atoms with Gasteiger partial charge in [0.05, 0.1) is 23.5 Å². The van der Waals surface area contributed by atoms with Crippen molar-refractivity contribution in [1.29, 1.82) is 5.26 Å². The first-order chi connectivity index (χ1) is 12.8. The first-order valence-electron chi connectivity index (χ1n) is 8.11. The van der Waals surface area contributed by atoms with Crippen molar-refractivity contribution in [2.75, 3.05) is 17.2 Å². The highest BCUT2D eigenvalue weighted by Gasteiger charge is 2.08. The van der Waals surface area contributed by atoms with Crippen molar-refractivity contribution in [2.45, 2.75) is 0 Å². The van der Waals surface area contributed by atoms with Crippen molar-refractivity contribution in [1.82, 2.24) is 0 Å². The molecular weight excluding hydrogens is 326 g/mol. The molecule has 3 aromatic rings. The van der Waals surface area contributed by atoms with Gasteiger partial charge in [0.25, 0.3) is 0 Å². The second-order valence-corrected chi connectivity index (χ2v) is 5.47. The van der Waals surface area contributed by atoms with Gasteiger partial charge in [0, 0.05) is 0 Å². The molecule has 26 heavy (non-hydrogen) atoms. The second-order valence-electron chi connectivity index (χ2n) is 5.47. The zero-order chi connectivity index (χ0) is 18.2. The van der Waals surface area contributed by atoms with Crippen LogP contribution in [0.15, 0.2) is 78.9 Å². The van der Waals surface area contributed by atoms with Crippen LogP contribution in [0, 0.1) is 11.3 Å². The quantitative estimate of drug-likeness (QED) is 0.695. The van der Waals surface area contributed by atoms with Crippen LogP contribution in [0.3, 0.4) is 0 Å². The SMILES string of the molecule is N#Cc1ccccc1NC(=O)CNc1ccccc1Oc1ccccc1. The first-order valence-corrected chi connectivity index (χ1v) is 8.11. The highest BCUT2D eigenvalue weighted by atomic mass is 16.5. The van der Waals surface area contributed by atoms with Crippen molar-refractivity contribution in [3.05, 3.63) is 84.4 Å². The molecule has 0 aliphatic carbocycles. The molecule has 5 nitrogen and oxygen atoms in total. The molecule has 1 amide bonds. The normalized spacial score (nSPS) is 9.81. The summed E-state index contributed by atoms with van der Waals surface area (Å²) in [5.74, 6) is 1.10. The summed E-state index contributed by atoms with van der Waals surface area (Å²) in [7, 11) is 0. The van der Waals surface area contributed by atoms with Crippen molar-refractivity contribution in [2.24, 2.45) is 0 Å². The Balaban J connectivity index is 1.65. The Morgan fingerprint density at radius 1 is 0.885 bits per heavy atom. The fraction of sp³-hybridized carbons (Fsp3) is 0.0476. The van der Waals surface area contributed by atoms with E-state index in [1.165, 1.54) is 0 Å². The number of nitrogens with one attached hydrogen (secondary N) is 2. The van der Waals surface area contributed by atoms with Crippen LogP contribution in [0.4, 0.5) is 11.4 Å². The standard InChI is InChI=1S/C21H17N3O2/c22-14-16-8-4-5-11-18(16)24-21(25)15-23-19-12-6-7-13-20(19)26-17-9-2-1-3-10-17/h1-13,23H,15H2,(H,24,25). The molecule has 5 heteroatoms. The van der Waals surface area contributed by atoms with E-state index in [1.54, 1.807) is 24.3 Å². The Kier molecular flexibility index (Phi) is 5.48. The van der Waals surface area contributed by atoms with Gasteiger partial charge in [-0.15, -0.1) is 0 Å². The maximum atomic E-state index is 12.2. The zero-order valence-corrected chi connectivity index (χ0v) is 14.0. The molecule has 2 N–H and O–H groups in total. The molecule has 0 radical (unpaired) electrons. The van der Waals surface area contributed by atoms with Crippen LogP contribution in [0.2, 0.25) is 0 Å². The number of amides is 1. The molecule has 0 bridgehead atoms. The summed E-state index contributed by atoms with van der Waals surface area (Å²) >= 11 is 0. The third-order valence-electron chi connectivity index (χ3n) is 3.62. The Morgan fingerprint density at radius 3 is 2.31 bits per heavy atom. The number of ether oxygens (including phenoxy) is 1. The number of para-hydroxylation sites is 4.